The zero-order chi connectivity index (χ0) is 15.0. The Hall–Kier alpha value is -1.59. The minimum absolute atomic E-state index is 0.281. The molecule has 0 radical (unpaired) electrons. The van der Waals surface area contributed by atoms with Crippen molar-refractivity contribution in [3.05, 3.63) is 28.8 Å². The highest BCUT2D eigenvalue weighted by Crippen LogP contribution is 2.24. The Morgan fingerprint density at radius 1 is 1.10 bits per heavy atom. The molecule has 1 rings (SSSR count). The molecule has 0 bridgehead atoms. The van der Waals surface area contributed by atoms with Gasteiger partial charge in [-0.05, 0) is 43.5 Å². The molecule has 0 spiro atoms. The minimum Gasteiger partial charge on any atom is -0.491 e. The molecule has 0 atom stereocenters. The SMILES string of the molecule is COCCCOCCOc1c(C)cc(C(=O)O)cc1C. The predicted octanol–water partition coefficient (Wildman–Crippen LogP) is 2.43. The Bertz CT molecular complexity index is 419. The van der Waals surface area contributed by atoms with E-state index in [1.54, 1.807) is 19.2 Å². The first kappa shape index (κ1) is 16.5. The molecular formula is C15H22O5. The third-order valence-electron chi connectivity index (χ3n) is 2.82. The lowest BCUT2D eigenvalue weighted by Gasteiger charge is -2.13. The van der Waals surface area contributed by atoms with Gasteiger partial charge < -0.3 is 19.3 Å². The van der Waals surface area contributed by atoms with Crippen LogP contribution in [0.25, 0.3) is 0 Å². The summed E-state index contributed by atoms with van der Waals surface area (Å²) in [4.78, 5) is 10.9. The monoisotopic (exact) mass is 282 g/mol. The van der Waals surface area contributed by atoms with Gasteiger partial charge in [-0.25, -0.2) is 4.79 Å². The number of benzene rings is 1. The van der Waals surface area contributed by atoms with Crippen LogP contribution in [0, 0.1) is 13.8 Å². The quantitative estimate of drug-likeness (QED) is 0.705. The smallest absolute Gasteiger partial charge is 0.335 e. The fourth-order valence-electron chi connectivity index (χ4n) is 1.91. The van der Waals surface area contributed by atoms with Gasteiger partial charge in [-0.1, -0.05) is 0 Å². The van der Waals surface area contributed by atoms with Crippen LogP contribution in [-0.2, 0) is 9.47 Å². The average Bonchev–Trinajstić information content (AvgIpc) is 2.40. The van der Waals surface area contributed by atoms with Crippen LogP contribution in [0.15, 0.2) is 12.1 Å². The van der Waals surface area contributed by atoms with Crippen molar-refractivity contribution in [3.8, 4) is 5.75 Å². The van der Waals surface area contributed by atoms with Crippen molar-refractivity contribution in [2.45, 2.75) is 20.3 Å². The second-order valence-corrected chi connectivity index (χ2v) is 4.55. The summed E-state index contributed by atoms with van der Waals surface area (Å²) in [6, 6.07) is 3.23. The topological polar surface area (TPSA) is 65.0 Å². The Morgan fingerprint density at radius 2 is 1.75 bits per heavy atom. The Balaban J connectivity index is 2.42. The molecule has 1 N–H and O–H groups in total. The van der Waals surface area contributed by atoms with Gasteiger partial charge in [-0.15, -0.1) is 0 Å². The van der Waals surface area contributed by atoms with Gasteiger partial charge in [0.1, 0.15) is 12.4 Å². The molecule has 1 aromatic rings. The molecule has 20 heavy (non-hydrogen) atoms. The Labute approximate surface area is 119 Å². The van der Waals surface area contributed by atoms with Crippen LogP contribution in [0.4, 0.5) is 0 Å². The van der Waals surface area contributed by atoms with Crippen LogP contribution in [-0.4, -0.2) is 44.6 Å². The van der Waals surface area contributed by atoms with Gasteiger partial charge in [0.05, 0.1) is 12.2 Å². The summed E-state index contributed by atoms with van der Waals surface area (Å²) < 4.78 is 16.0. The summed E-state index contributed by atoms with van der Waals surface area (Å²) in [6.45, 7) is 5.97. The van der Waals surface area contributed by atoms with Gasteiger partial charge in [-0.3, -0.25) is 0 Å². The number of aromatic carboxylic acids is 1. The zero-order valence-corrected chi connectivity index (χ0v) is 12.3. The molecule has 0 aliphatic carbocycles. The van der Waals surface area contributed by atoms with Gasteiger partial charge in [0.2, 0.25) is 0 Å². The van der Waals surface area contributed by atoms with Gasteiger partial charge >= 0.3 is 5.97 Å². The predicted molar refractivity (Wildman–Crippen MR) is 75.7 cm³/mol. The molecule has 0 aliphatic rings. The van der Waals surface area contributed by atoms with E-state index in [4.69, 9.17) is 19.3 Å². The maximum Gasteiger partial charge on any atom is 0.335 e. The molecule has 0 aromatic heterocycles. The van der Waals surface area contributed by atoms with Gasteiger partial charge in [0, 0.05) is 20.3 Å². The summed E-state index contributed by atoms with van der Waals surface area (Å²) in [7, 11) is 1.66. The van der Waals surface area contributed by atoms with Crippen LogP contribution >= 0.6 is 0 Å². The minimum atomic E-state index is -0.927. The molecule has 0 unspecified atom stereocenters. The normalized spacial score (nSPS) is 10.6. The number of methoxy groups -OCH3 is 1. The second-order valence-electron chi connectivity index (χ2n) is 4.55. The second kappa shape index (κ2) is 8.55. The number of hydrogen-bond acceptors (Lipinski definition) is 4. The lowest BCUT2D eigenvalue weighted by molar-refractivity contribution is 0.0696. The van der Waals surface area contributed by atoms with E-state index in [1.165, 1.54) is 0 Å². The third kappa shape index (κ3) is 5.19. The van der Waals surface area contributed by atoms with E-state index in [2.05, 4.69) is 0 Å². The van der Waals surface area contributed by atoms with Gasteiger partial charge in [0.15, 0.2) is 0 Å². The van der Waals surface area contributed by atoms with Crippen molar-refractivity contribution < 1.29 is 24.1 Å². The van der Waals surface area contributed by atoms with Crippen molar-refractivity contribution in [1.29, 1.82) is 0 Å². The van der Waals surface area contributed by atoms with Crippen LogP contribution < -0.4 is 4.74 Å². The molecule has 0 heterocycles. The lowest BCUT2D eigenvalue weighted by Crippen LogP contribution is -2.10. The first-order valence-electron chi connectivity index (χ1n) is 6.60. The van der Waals surface area contributed by atoms with E-state index in [0.29, 0.717) is 26.4 Å². The van der Waals surface area contributed by atoms with Crippen LogP contribution in [0.2, 0.25) is 0 Å². The highest BCUT2D eigenvalue weighted by molar-refractivity contribution is 5.88. The molecule has 0 aliphatic heterocycles. The zero-order valence-electron chi connectivity index (χ0n) is 12.3. The van der Waals surface area contributed by atoms with E-state index in [1.807, 2.05) is 13.8 Å². The first-order valence-corrected chi connectivity index (χ1v) is 6.60. The molecule has 1 aromatic carbocycles. The molecule has 0 amide bonds. The van der Waals surface area contributed by atoms with Crippen LogP contribution in [0.5, 0.6) is 5.75 Å². The van der Waals surface area contributed by atoms with E-state index < -0.39 is 5.97 Å². The van der Waals surface area contributed by atoms with Crippen molar-refractivity contribution >= 4 is 5.97 Å². The fourth-order valence-corrected chi connectivity index (χ4v) is 1.91. The maximum absolute atomic E-state index is 10.9. The summed E-state index contributed by atoms with van der Waals surface area (Å²) >= 11 is 0. The Morgan fingerprint density at radius 3 is 2.30 bits per heavy atom. The number of ether oxygens (including phenoxy) is 3. The number of carboxylic acid groups (broad SMARTS) is 1. The summed E-state index contributed by atoms with van der Waals surface area (Å²) in [6.07, 6.45) is 0.863. The highest BCUT2D eigenvalue weighted by atomic mass is 16.5. The number of rotatable bonds is 9. The van der Waals surface area contributed by atoms with E-state index in [0.717, 1.165) is 23.3 Å². The van der Waals surface area contributed by atoms with E-state index >= 15 is 0 Å². The van der Waals surface area contributed by atoms with Crippen molar-refractivity contribution in [2.24, 2.45) is 0 Å². The summed E-state index contributed by atoms with van der Waals surface area (Å²) in [5, 5.41) is 8.97. The average molecular weight is 282 g/mol. The summed E-state index contributed by atoms with van der Waals surface area (Å²) in [5.41, 5.74) is 1.92. The number of hydrogen-bond donors (Lipinski definition) is 1. The summed E-state index contributed by atoms with van der Waals surface area (Å²) in [5.74, 6) is -0.195. The molecule has 5 heteroatoms. The van der Waals surface area contributed by atoms with Crippen molar-refractivity contribution in [1.82, 2.24) is 0 Å². The standard InChI is InChI=1S/C15H22O5/c1-11-9-13(15(16)17)10-12(2)14(11)20-8-7-19-6-4-5-18-3/h9-10H,4-8H2,1-3H3,(H,16,17). The molecule has 112 valence electrons. The van der Waals surface area contributed by atoms with Gasteiger partial charge in [-0.2, -0.15) is 0 Å². The third-order valence-corrected chi connectivity index (χ3v) is 2.82. The molecule has 0 saturated heterocycles. The number of carboxylic acids is 1. The number of aryl methyl sites for hydroxylation is 2. The highest BCUT2D eigenvalue weighted by Gasteiger charge is 2.10. The van der Waals surface area contributed by atoms with Crippen LogP contribution in [0.3, 0.4) is 0 Å². The fraction of sp³-hybridized carbons (Fsp3) is 0.533. The van der Waals surface area contributed by atoms with E-state index in [-0.39, 0.29) is 5.56 Å². The molecule has 0 fully saturated rings. The largest absolute Gasteiger partial charge is 0.491 e. The number of carbonyl (C=O) groups is 1. The first-order chi connectivity index (χ1) is 9.56. The lowest BCUT2D eigenvalue weighted by atomic mass is 10.1. The molecule has 0 saturated carbocycles. The maximum atomic E-state index is 10.9. The molecule has 5 nitrogen and oxygen atoms in total. The van der Waals surface area contributed by atoms with Crippen molar-refractivity contribution in [2.75, 3.05) is 33.5 Å². The Kier molecular flexibility index (Phi) is 7.04. The van der Waals surface area contributed by atoms with E-state index in [9.17, 15) is 4.79 Å². The van der Waals surface area contributed by atoms with Crippen molar-refractivity contribution in [3.63, 3.8) is 0 Å². The van der Waals surface area contributed by atoms with Gasteiger partial charge in [0.25, 0.3) is 0 Å². The van der Waals surface area contributed by atoms with Crippen LogP contribution in [0.1, 0.15) is 27.9 Å². The molecular weight excluding hydrogens is 260 g/mol.